The predicted octanol–water partition coefficient (Wildman–Crippen LogP) is 4.04. The van der Waals surface area contributed by atoms with E-state index < -0.39 is 5.91 Å². The van der Waals surface area contributed by atoms with Crippen LogP contribution in [0.15, 0.2) is 66.7 Å². The molecule has 0 bridgehead atoms. The lowest BCUT2D eigenvalue weighted by Crippen LogP contribution is -2.20. The summed E-state index contributed by atoms with van der Waals surface area (Å²) in [6.45, 7) is -0.224. The zero-order chi connectivity index (χ0) is 25.7. The molecule has 4 rings (SSSR count). The van der Waals surface area contributed by atoms with Crippen molar-refractivity contribution >= 4 is 28.4 Å². The number of nitrogens with two attached hydrogens (primary N) is 1. The van der Waals surface area contributed by atoms with E-state index in [0.29, 0.717) is 56.4 Å². The van der Waals surface area contributed by atoms with Crippen molar-refractivity contribution in [1.29, 1.82) is 0 Å². The Balaban J connectivity index is 1.71. The number of amides is 2. The van der Waals surface area contributed by atoms with Gasteiger partial charge < -0.3 is 30.0 Å². The molecule has 3 N–H and O–H groups in total. The van der Waals surface area contributed by atoms with Gasteiger partial charge in [-0.25, -0.2) is 4.98 Å². The number of fused-ring (bicyclic) bond motifs is 1. The Bertz CT molecular complexity index is 1390. The maximum atomic E-state index is 13.4. The van der Waals surface area contributed by atoms with Gasteiger partial charge in [-0.15, -0.1) is 0 Å². The van der Waals surface area contributed by atoms with Gasteiger partial charge in [0.1, 0.15) is 5.75 Å². The summed E-state index contributed by atoms with van der Waals surface area (Å²) in [5.74, 6) is 1.00. The lowest BCUT2D eigenvalue weighted by molar-refractivity contribution is -0.119. The van der Waals surface area contributed by atoms with Crippen LogP contribution in [0.4, 0.5) is 5.69 Å². The van der Waals surface area contributed by atoms with E-state index in [9.17, 15) is 9.59 Å². The first kappa shape index (κ1) is 24.3. The number of benzene rings is 3. The molecule has 9 nitrogen and oxygen atoms in total. The van der Waals surface area contributed by atoms with E-state index >= 15 is 0 Å². The monoisotopic (exact) mass is 487 g/mol. The summed E-state index contributed by atoms with van der Waals surface area (Å²) in [4.78, 5) is 29.0. The van der Waals surface area contributed by atoms with Crippen molar-refractivity contribution < 1.29 is 28.5 Å². The maximum Gasteiger partial charge on any atom is 0.256 e. The van der Waals surface area contributed by atoms with E-state index in [1.807, 2.05) is 24.3 Å². The second kappa shape index (κ2) is 10.6. The second-order valence-corrected chi connectivity index (χ2v) is 7.72. The molecule has 184 valence electrons. The summed E-state index contributed by atoms with van der Waals surface area (Å²) in [5, 5.41) is 3.60. The highest BCUT2D eigenvalue weighted by Gasteiger charge is 2.18. The third-order valence-electron chi connectivity index (χ3n) is 5.41. The molecule has 4 aromatic rings. The molecule has 2 amide bonds. The number of anilines is 1. The van der Waals surface area contributed by atoms with E-state index in [4.69, 9.17) is 29.7 Å². The van der Waals surface area contributed by atoms with Crippen LogP contribution >= 0.6 is 0 Å². The zero-order valence-electron chi connectivity index (χ0n) is 20.0. The van der Waals surface area contributed by atoms with Gasteiger partial charge in [-0.3, -0.25) is 9.59 Å². The molecule has 36 heavy (non-hydrogen) atoms. The Morgan fingerprint density at radius 1 is 0.889 bits per heavy atom. The van der Waals surface area contributed by atoms with E-state index in [1.165, 1.54) is 21.3 Å². The van der Waals surface area contributed by atoms with Crippen molar-refractivity contribution in [1.82, 2.24) is 4.98 Å². The third-order valence-corrected chi connectivity index (χ3v) is 5.41. The van der Waals surface area contributed by atoms with Crippen molar-refractivity contribution in [3.05, 3.63) is 72.3 Å². The van der Waals surface area contributed by atoms with Gasteiger partial charge in [0.2, 0.25) is 5.75 Å². The van der Waals surface area contributed by atoms with Crippen molar-refractivity contribution in [3.63, 3.8) is 0 Å². The average molecular weight is 488 g/mol. The molecule has 3 aromatic carbocycles. The molecule has 0 aliphatic rings. The molecule has 0 saturated heterocycles. The Labute approximate surface area is 207 Å². The third kappa shape index (κ3) is 5.15. The van der Waals surface area contributed by atoms with Crippen molar-refractivity contribution in [2.24, 2.45) is 5.73 Å². The molecule has 0 aliphatic heterocycles. The Morgan fingerprint density at radius 2 is 1.56 bits per heavy atom. The molecular formula is C27H25N3O6. The zero-order valence-corrected chi connectivity index (χ0v) is 20.0. The minimum absolute atomic E-state index is 0.224. The number of pyridine rings is 1. The number of ether oxygens (including phenoxy) is 4. The highest BCUT2D eigenvalue weighted by molar-refractivity contribution is 6.13. The fourth-order valence-electron chi connectivity index (χ4n) is 3.73. The number of para-hydroxylation sites is 1. The molecule has 0 atom stereocenters. The Kier molecular flexibility index (Phi) is 7.20. The highest BCUT2D eigenvalue weighted by atomic mass is 16.5. The topological polar surface area (TPSA) is 122 Å². The number of nitrogens with one attached hydrogen (secondary N) is 1. The molecule has 0 radical (unpaired) electrons. The lowest BCUT2D eigenvalue weighted by Gasteiger charge is -2.15. The van der Waals surface area contributed by atoms with Crippen molar-refractivity contribution in [3.8, 4) is 34.3 Å². The number of rotatable bonds is 9. The normalized spacial score (nSPS) is 10.5. The molecular weight excluding hydrogens is 462 g/mol. The predicted molar refractivity (Wildman–Crippen MR) is 136 cm³/mol. The quantitative estimate of drug-likeness (QED) is 0.365. The molecule has 1 heterocycles. The standard InChI is InChI=1S/C27H25N3O6/c1-33-23-12-16(13-24(34-2)26(23)35-3)22-14-20(19-6-4-5-7-21(19)30-22)27(32)29-17-8-10-18(11-9-17)36-15-25(28)31/h4-14H,15H2,1-3H3,(H2,28,31)(H,29,32). The van der Waals surface area contributed by atoms with E-state index in [2.05, 4.69) is 5.32 Å². The van der Waals surface area contributed by atoms with Gasteiger partial charge in [-0.2, -0.15) is 0 Å². The number of nitrogens with zero attached hydrogens (tertiary/aromatic N) is 1. The van der Waals surface area contributed by atoms with Crippen LogP contribution in [0.2, 0.25) is 0 Å². The summed E-state index contributed by atoms with van der Waals surface area (Å²) in [6, 6.07) is 19.3. The van der Waals surface area contributed by atoms with Gasteiger partial charge in [-0.05, 0) is 48.5 Å². The minimum atomic E-state index is -0.570. The largest absolute Gasteiger partial charge is 0.493 e. The first-order chi connectivity index (χ1) is 17.4. The maximum absolute atomic E-state index is 13.4. The number of carbonyl (C=O) groups is 2. The van der Waals surface area contributed by atoms with Crippen LogP contribution in [0, 0.1) is 0 Å². The first-order valence-electron chi connectivity index (χ1n) is 11.0. The molecule has 1 aromatic heterocycles. The molecule has 0 saturated carbocycles. The number of primary amides is 1. The number of methoxy groups -OCH3 is 3. The van der Waals surface area contributed by atoms with Crippen molar-refractivity contribution in [2.75, 3.05) is 33.3 Å². The fraction of sp³-hybridized carbons (Fsp3) is 0.148. The van der Waals surface area contributed by atoms with Gasteiger partial charge in [0.25, 0.3) is 11.8 Å². The summed E-state index contributed by atoms with van der Waals surface area (Å²) < 4.78 is 21.6. The molecule has 9 heteroatoms. The van der Waals surface area contributed by atoms with E-state index in [1.54, 1.807) is 42.5 Å². The number of aromatic nitrogens is 1. The fourth-order valence-corrected chi connectivity index (χ4v) is 3.73. The Morgan fingerprint density at radius 3 is 2.17 bits per heavy atom. The summed E-state index contributed by atoms with van der Waals surface area (Å²) in [5.41, 5.74) is 8.02. The van der Waals surface area contributed by atoms with Crippen LogP contribution in [0.3, 0.4) is 0 Å². The van der Waals surface area contributed by atoms with Crippen LogP contribution in [0.1, 0.15) is 10.4 Å². The minimum Gasteiger partial charge on any atom is -0.493 e. The van der Waals surface area contributed by atoms with Gasteiger partial charge in [0.05, 0.1) is 38.1 Å². The number of carbonyl (C=O) groups excluding carboxylic acids is 2. The van der Waals surface area contributed by atoms with Crippen molar-refractivity contribution in [2.45, 2.75) is 0 Å². The van der Waals surface area contributed by atoms with Crippen LogP contribution in [0.5, 0.6) is 23.0 Å². The molecule has 0 fully saturated rings. The SMILES string of the molecule is COc1cc(-c2cc(C(=O)Nc3ccc(OCC(N)=O)cc3)c3ccccc3n2)cc(OC)c1OC. The summed E-state index contributed by atoms with van der Waals surface area (Å²) >= 11 is 0. The smallest absolute Gasteiger partial charge is 0.256 e. The first-order valence-corrected chi connectivity index (χ1v) is 11.0. The average Bonchev–Trinajstić information content (AvgIpc) is 2.90. The van der Waals surface area contributed by atoms with Gasteiger partial charge in [0, 0.05) is 16.6 Å². The van der Waals surface area contributed by atoms with Crippen LogP contribution in [0.25, 0.3) is 22.2 Å². The second-order valence-electron chi connectivity index (χ2n) is 7.72. The molecule has 0 spiro atoms. The Hall–Kier alpha value is -4.79. The van der Waals surface area contributed by atoms with E-state index in [-0.39, 0.29) is 12.5 Å². The number of hydrogen-bond donors (Lipinski definition) is 2. The van der Waals surface area contributed by atoms with Crippen LogP contribution < -0.4 is 30.0 Å². The van der Waals surface area contributed by atoms with Gasteiger partial charge >= 0.3 is 0 Å². The van der Waals surface area contributed by atoms with Crippen LogP contribution in [-0.2, 0) is 4.79 Å². The summed E-state index contributed by atoms with van der Waals surface area (Å²) in [7, 11) is 4.61. The van der Waals surface area contributed by atoms with Gasteiger partial charge in [0.15, 0.2) is 18.1 Å². The van der Waals surface area contributed by atoms with E-state index in [0.717, 1.165) is 0 Å². The molecule has 0 aliphatic carbocycles. The number of hydrogen-bond acceptors (Lipinski definition) is 7. The lowest BCUT2D eigenvalue weighted by atomic mass is 10.0. The van der Waals surface area contributed by atoms with Gasteiger partial charge in [-0.1, -0.05) is 18.2 Å². The highest BCUT2D eigenvalue weighted by Crippen LogP contribution is 2.41. The molecule has 0 unspecified atom stereocenters. The van der Waals surface area contributed by atoms with Crippen LogP contribution in [-0.4, -0.2) is 44.7 Å². The summed E-state index contributed by atoms with van der Waals surface area (Å²) in [6.07, 6.45) is 0.